The molecule has 112 valence electrons. The second kappa shape index (κ2) is 9.37. The number of hydrogen-bond acceptors (Lipinski definition) is 4. The number of carbonyl (C=O) groups is 1. The van der Waals surface area contributed by atoms with E-state index < -0.39 is 5.97 Å². The van der Waals surface area contributed by atoms with E-state index in [9.17, 15) is 4.79 Å². The number of methoxy groups -OCH3 is 1. The van der Waals surface area contributed by atoms with Gasteiger partial charge >= 0.3 is 5.97 Å². The van der Waals surface area contributed by atoms with Crippen molar-refractivity contribution in [2.24, 2.45) is 5.92 Å². The van der Waals surface area contributed by atoms with Crippen LogP contribution in [0.4, 0.5) is 0 Å². The summed E-state index contributed by atoms with van der Waals surface area (Å²) in [5, 5.41) is 0. The Morgan fingerprint density at radius 3 is 2.75 bits per heavy atom. The summed E-state index contributed by atoms with van der Waals surface area (Å²) in [4.78, 5) is 21.7. The molecule has 0 amide bonds. The van der Waals surface area contributed by atoms with Crippen molar-refractivity contribution in [3.8, 4) is 5.75 Å². The summed E-state index contributed by atoms with van der Waals surface area (Å²) < 4.78 is 5.06. The fourth-order valence-corrected chi connectivity index (χ4v) is 1.88. The van der Waals surface area contributed by atoms with Crippen molar-refractivity contribution in [2.45, 2.75) is 39.5 Å². The van der Waals surface area contributed by atoms with Crippen LogP contribution in [0.25, 0.3) is 0 Å². The minimum Gasteiger partial charge on any atom is -0.497 e. The predicted octanol–water partition coefficient (Wildman–Crippen LogP) is 4.00. The van der Waals surface area contributed by atoms with E-state index >= 15 is 0 Å². The lowest BCUT2D eigenvalue weighted by molar-refractivity contribution is -0.249. The molecular weight excluding hydrogens is 256 g/mol. The molecule has 0 aromatic heterocycles. The van der Waals surface area contributed by atoms with Gasteiger partial charge < -0.3 is 4.74 Å². The molecule has 0 heterocycles. The van der Waals surface area contributed by atoms with Crippen LogP contribution in [-0.2, 0) is 9.78 Å². The molecule has 20 heavy (non-hydrogen) atoms. The molecule has 0 aliphatic carbocycles. The van der Waals surface area contributed by atoms with E-state index in [-0.39, 0.29) is 0 Å². The zero-order valence-corrected chi connectivity index (χ0v) is 12.6. The van der Waals surface area contributed by atoms with Crippen LogP contribution in [0, 0.1) is 5.92 Å². The van der Waals surface area contributed by atoms with Crippen LogP contribution in [0.3, 0.4) is 0 Å². The molecule has 0 spiro atoms. The Morgan fingerprint density at radius 1 is 1.30 bits per heavy atom. The summed E-state index contributed by atoms with van der Waals surface area (Å²) in [5.74, 6) is 0.566. The van der Waals surface area contributed by atoms with E-state index in [0.717, 1.165) is 12.8 Å². The summed E-state index contributed by atoms with van der Waals surface area (Å²) in [6.45, 7) is 4.73. The highest BCUT2D eigenvalue weighted by molar-refractivity contribution is 5.89. The number of ether oxygens (including phenoxy) is 1. The van der Waals surface area contributed by atoms with Crippen LogP contribution in [0.5, 0.6) is 5.75 Å². The monoisotopic (exact) mass is 280 g/mol. The molecule has 1 aromatic rings. The normalized spacial score (nSPS) is 11.9. The van der Waals surface area contributed by atoms with Gasteiger partial charge in [-0.1, -0.05) is 39.2 Å². The van der Waals surface area contributed by atoms with E-state index in [1.807, 2.05) is 0 Å². The van der Waals surface area contributed by atoms with Gasteiger partial charge in [0.05, 0.1) is 19.3 Å². The molecule has 1 atom stereocenters. The zero-order chi connectivity index (χ0) is 14.8. The van der Waals surface area contributed by atoms with Crippen LogP contribution in [0.2, 0.25) is 0 Å². The summed E-state index contributed by atoms with van der Waals surface area (Å²) >= 11 is 0. The maximum absolute atomic E-state index is 11.8. The highest BCUT2D eigenvalue weighted by Crippen LogP contribution is 2.15. The molecule has 0 N–H and O–H groups in total. The molecule has 0 aliphatic heterocycles. The van der Waals surface area contributed by atoms with E-state index in [0.29, 0.717) is 23.8 Å². The molecule has 0 aliphatic rings. The van der Waals surface area contributed by atoms with Crippen molar-refractivity contribution >= 4 is 5.97 Å². The van der Waals surface area contributed by atoms with Gasteiger partial charge in [-0.05, 0) is 30.5 Å². The van der Waals surface area contributed by atoms with Gasteiger partial charge in [0.1, 0.15) is 5.75 Å². The Bertz CT molecular complexity index is 403. The van der Waals surface area contributed by atoms with E-state index in [1.54, 1.807) is 31.4 Å². The first kappa shape index (κ1) is 16.5. The van der Waals surface area contributed by atoms with Gasteiger partial charge in [0, 0.05) is 0 Å². The summed E-state index contributed by atoms with van der Waals surface area (Å²) in [7, 11) is 1.56. The Balaban J connectivity index is 2.38. The molecule has 1 unspecified atom stereocenters. The maximum Gasteiger partial charge on any atom is 0.373 e. The number of unbranched alkanes of at least 4 members (excludes halogenated alkanes) is 1. The van der Waals surface area contributed by atoms with E-state index in [1.165, 1.54) is 12.8 Å². The first-order chi connectivity index (χ1) is 9.71. The second-order valence-electron chi connectivity index (χ2n) is 4.80. The average Bonchev–Trinajstić information content (AvgIpc) is 2.50. The fraction of sp³-hybridized carbons (Fsp3) is 0.562. The number of benzene rings is 1. The minimum atomic E-state index is -0.491. The molecule has 0 fully saturated rings. The van der Waals surface area contributed by atoms with Crippen LogP contribution >= 0.6 is 0 Å². The van der Waals surface area contributed by atoms with Gasteiger partial charge in [0.25, 0.3) is 0 Å². The molecule has 1 aromatic carbocycles. The van der Waals surface area contributed by atoms with Crippen molar-refractivity contribution < 1.29 is 19.3 Å². The first-order valence-corrected chi connectivity index (χ1v) is 7.19. The third-order valence-electron chi connectivity index (χ3n) is 3.29. The highest BCUT2D eigenvalue weighted by atomic mass is 17.2. The summed E-state index contributed by atoms with van der Waals surface area (Å²) in [5.41, 5.74) is 0.422. The van der Waals surface area contributed by atoms with Crippen molar-refractivity contribution in [1.82, 2.24) is 0 Å². The first-order valence-electron chi connectivity index (χ1n) is 7.19. The van der Waals surface area contributed by atoms with Crippen LogP contribution in [-0.4, -0.2) is 19.7 Å². The minimum absolute atomic E-state index is 0.422. The molecular formula is C16H24O4. The largest absolute Gasteiger partial charge is 0.497 e. The maximum atomic E-state index is 11.8. The van der Waals surface area contributed by atoms with Gasteiger partial charge in [0.2, 0.25) is 0 Å². The number of rotatable bonds is 9. The van der Waals surface area contributed by atoms with Crippen LogP contribution < -0.4 is 4.74 Å². The fourth-order valence-electron chi connectivity index (χ4n) is 1.88. The van der Waals surface area contributed by atoms with Crippen LogP contribution in [0.15, 0.2) is 24.3 Å². The predicted molar refractivity (Wildman–Crippen MR) is 77.7 cm³/mol. The molecule has 4 nitrogen and oxygen atoms in total. The smallest absolute Gasteiger partial charge is 0.373 e. The van der Waals surface area contributed by atoms with E-state index in [4.69, 9.17) is 14.5 Å². The molecule has 0 radical (unpaired) electrons. The van der Waals surface area contributed by atoms with Gasteiger partial charge in [0.15, 0.2) is 0 Å². The van der Waals surface area contributed by atoms with E-state index in [2.05, 4.69) is 13.8 Å². The third kappa shape index (κ3) is 5.61. The Hall–Kier alpha value is -1.55. The second-order valence-corrected chi connectivity index (χ2v) is 4.80. The summed E-state index contributed by atoms with van der Waals surface area (Å²) in [6.07, 6.45) is 4.46. The van der Waals surface area contributed by atoms with Crippen LogP contribution in [0.1, 0.15) is 49.9 Å². The molecule has 1 rings (SSSR count). The molecule has 0 bridgehead atoms. The third-order valence-corrected chi connectivity index (χ3v) is 3.29. The quantitative estimate of drug-likeness (QED) is 0.506. The Morgan fingerprint density at radius 2 is 2.10 bits per heavy atom. The Kier molecular flexibility index (Phi) is 7.73. The van der Waals surface area contributed by atoms with Gasteiger partial charge in [-0.2, -0.15) is 4.89 Å². The SMILES string of the molecule is CCCCC(CC)COOC(=O)c1cccc(OC)c1. The molecule has 0 saturated carbocycles. The van der Waals surface area contributed by atoms with Gasteiger partial charge in [-0.15, -0.1) is 0 Å². The van der Waals surface area contributed by atoms with Gasteiger partial charge in [-0.25, -0.2) is 4.79 Å². The lowest BCUT2D eigenvalue weighted by Gasteiger charge is -2.13. The lowest BCUT2D eigenvalue weighted by atomic mass is 10.0. The standard InChI is InChI=1S/C16H24O4/c1-4-6-8-13(5-2)12-19-20-16(17)14-9-7-10-15(11-14)18-3/h7,9-11,13H,4-6,8,12H2,1-3H3. The van der Waals surface area contributed by atoms with Crippen molar-refractivity contribution in [3.63, 3.8) is 0 Å². The molecule has 0 saturated heterocycles. The van der Waals surface area contributed by atoms with Gasteiger partial charge in [-0.3, -0.25) is 4.89 Å². The topological polar surface area (TPSA) is 44.8 Å². The van der Waals surface area contributed by atoms with Crippen molar-refractivity contribution in [1.29, 1.82) is 0 Å². The summed E-state index contributed by atoms with van der Waals surface area (Å²) in [6, 6.07) is 6.81. The Labute approximate surface area is 121 Å². The highest BCUT2D eigenvalue weighted by Gasteiger charge is 2.12. The molecule has 4 heteroatoms. The number of hydrogen-bond donors (Lipinski definition) is 0. The number of carbonyl (C=O) groups excluding carboxylic acids is 1. The van der Waals surface area contributed by atoms with Crippen molar-refractivity contribution in [2.75, 3.05) is 13.7 Å². The van der Waals surface area contributed by atoms with Crippen molar-refractivity contribution in [3.05, 3.63) is 29.8 Å². The average molecular weight is 280 g/mol. The lowest BCUT2D eigenvalue weighted by Crippen LogP contribution is -2.13. The zero-order valence-electron chi connectivity index (χ0n) is 12.6.